The molecule has 2 atom stereocenters. The van der Waals surface area contributed by atoms with Gasteiger partial charge in [-0.3, -0.25) is 9.59 Å². The molecule has 0 saturated carbocycles. The minimum atomic E-state index is 0.0416. The number of hydrogen-bond acceptors (Lipinski definition) is 4. The second-order valence-electron chi connectivity index (χ2n) is 8.55. The number of pyridine rings is 1. The summed E-state index contributed by atoms with van der Waals surface area (Å²) in [5, 5.41) is 0. The first-order valence-corrected chi connectivity index (χ1v) is 12.1. The number of carbonyl (C=O) groups is 1. The standard InChI is InChI=1S/C26H26N2O3S/c1-31-21-7-3-19(4-8-21)26(30)27-14-17-13-20(16-27)25-23(11-12-24(29)28(25)15-17)18-5-9-22(32-2)10-6-18/h3-12,17,20H,13-16H2,1-2H3/t17-,20-/m1/s1. The fraction of sp³-hybridized carbons (Fsp3) is 0.308. The molecule has 2 aromatic carbocycles. The summed E-state index contributed by atoms with van der Waals surface area (Å²) < 4.78 is 7.17. The molecule has 164 valence electrons. The zero-order chi connectivity index (χ0) is 22.2. The number of nitrogens with zero attached hydrogens (tertiary/aromatic N) is 2. The molecule has 2 aliphatic heterocycles. The lowest BCUT2D eigenvalue weighted by Gasteiger charge is -2.43. The average Bonchev–Trinajstić information content (AvgIpc) is 2.84. The number of hydrogen-bond donors (Lipinski definition) is 0. The van der Waals surface area contributed by atoms with Crippen LogP contribution in [-0.4, -0.2) is 41.8 Å². The van der Waals surface area contributed by atoms with Crippen LogP contribution < -0.4 is 10.3 Å². The zero-order valence-corrected chi connectivity index (χ0v) is 19.1. The molecule has 32 heavy (non-hydrogen) atoms. The molecule has 6 heteroatoms. The zero-order valence-electron chi connectivity index (χ0n) is 18.3. The SMILES string of the molecule is COc1ccc(C(=O)N2C[C@H]3C[C@H](C2)c2c(-c4ccc(SC)cc4)ccc(=O)n2C3)cc1. The first kappa shape index (κ1) is 20.9. The van der Waals surface area contributed by atoms with E-state index in [0.717, 1.165) is 29.0 Å². The Balaban J connectivity index is 1.49. The first-order valence-electron chi connectivity index (χ1n) is 10.9. The number of benzene rings is 2. The molecular formula is C26H26N2O3S. The van der Waals surface area contributed by atoms with Gasteiger partial charge in [-0.25, -0.2) is 0 Å². The summed E-state index contributed by atoms with van der Waals surface area (Å²) in [6.45, 7) is 1.97. The van der Waals surface area contributed by atoms with E-state index in [-0.39, 0.29) is 23.3 Å². The van der Waals surface area contributed by atoms with Gasteiger partial charge >= 0.3 is 0 Å². The molecule has 0 unspecified atom stereocenters. The highest BCUT2D eigenvalue weighted by atomic mass is 32.2. The molecule has 0 N–H and O–H groups in total. The molecule has 0 radical (unpaired) electrons. The average molecular weight is 447 g/mol. The molecular weight excluding hydrogens is 420 g/mol. The number of rotatable bonds is 4. The number of ether oxygens (including phenoxy) is 1. The van der Waals surface area contributed by atoms with Crippen LogP contribution in [-0.2, 0) is 6.54 Å². The molecule has 3 heterocycles. The highest BCUT2D eigenvalue weighted by molar-refractivity contribution is 7.98. The number of piperidine rings is 1. The van der Waals surface area contributed by atoms with E-state index in [1.54, 1.807) is 24.9 Å². The Labute approximate surface area is 192 Å². The Morgan fingerprint density at radius 2 is 1.72 bits per heavy atom. The van der Waals surface area contributed by atoms with E-state index in [2.05, 4.69) is 30.5 Å². The molecule has 3 aromatic rings. The Hall–Kier alpha value is -2.99. The van der Waals surface area contributed by atoms with Crippen molar-refractivity contribution < 1.29 is 9.53 Å². The van der Waals surface area contributed by atoms with Crippen molar-refractivity contribution in [3.63, 3.8) is 0 Å². The van der Waals surface area contributed by atoms with E-state index in [9.17, 15) is 9.59 Å². The van der Waals surface area contributed by atoms with Gasteiger partial charge in [-0.15, -0.1) is 11.8 Å². The number of likely N-dealkylation sites (tertiary alicyclic amines) is 1. The number of aromatic nitrogens is 1. The van der Waals surface area contributed by atoms with Gasteiger partial charge in [0.25, 0.3) is 11.5 Å². The summed E-state index contributed by atoms with van der Waals surface area (Å²) in [6, 6.07) is 19.4. The highest BCUT2D eigenvalue weighted by Gasteiger charge is 2.38. The monoisotopic (exact) mass is 446 g/mol. The third-order valence-corrected chi connectivity index (χ3v) is 7.36. The van der Waals surface area contributed by atoms with Crippen molar-refractivity contribution in [2.24, 2.45) is 5.92 Å². The van der Waals surface area contributed by atoms with Crippen molar-refractivity contribution in [2.75, 3.05) is 26.5 Å². The number of carbonyl (C=O) groups excluding carboxylic acids is 1. The van der Waals surface area contributed by atoms with Gasteiger partial charge in [0.05, 0.1) is 7.11 Å². The molecule has 5 rings (SSSR count). The molecule has 1 amide bonds. The Morgan fingerprint density at radius 1 is 0.969 bits per heavy atom. The summed E-state index contributed by atoms with van der Waals surface area (Å²) in [5.41, 5.74) is 4.00. The van der Waals surface area contributed by atoms with E-state index in [1.165, 1.54) is 4.90 Å². The topological polar surface area (TPSA) is 51.5 Å². The van der Waals surface area contributed by atoms with Crippen LogP contribution in [0.15, 0.2) is 70.4 Å². The van der Waals surface area contributed by atoms with Crippen LogP contribution in [0.2, 0.25) is 0 Å². The van der Waals surface area contributed by atoms with Crippen LogP contribution in [0.4, 0.5) is 0 Å². The predicted molar refractivity (Wildman–Crippen MR) is 128 cm³/mol. The second-order valence-corrected chi connectivity index (χ2v) is 9.43. The third-order valence-electron chi connectivity index (χ3n) is 6.62. The van der Waals surface area contributed by atoms with Crippen molar-refractivity contribution in [3.8, 4) is 16.9 Å². The number of amides is 1. The van der Waals surface area contributed by atoms with Gasteiger partial charge in [-0.2, -0.15) is 0 Å². The largest absolute Gasteiger partial charge is 0.497 e. The molecule has 0 spiro atoms. The van der Waals surface area contributed by atoms with Gasteiger partial charge in [-0.1, -0.05) is 12.1 Å². The lowest BCUT2D eigenvalue weighted by Crippen LogP contribution is -2.49. The van der Waals surface area contributed by atoms with Crippen LogP contribution in [0, 0.1) is 5.92 Å². The molecule has 1 fully saturated rings. The van der Waals surface area contributed by atoms with E-state index in [4.69, 9.17) is 4.74 Å². The molecule has 2 aliphatic rings. The normalized spacial score (nSPS) is 19.4. The maximum Gasteiger partial charge on any atom is 0.253 e. The van der Waals surface area contributed by atoms with Crippen LogP contribution >= 0.6 is 11.8 Å². The summed E-state index contributed by atoms with van der Waals surface area (Å²) >= 11 is 1.71. The van der Waals surface area contributed by atoms with Crippen molar-refractivity contribution in [3.05, 3.63) is 82.3 Å². The molecule has 5 nitrogen and oxygen atoms in total. The van der Waals surface area contributed by atoms with Gasteiger partial charge in [0.1, 0.15) is 5.75 Å². The van der Waals surface area contributed by atoms with E-state index in [1.807, 2.05) is 39.8 Å². The van der Waals surface area contributed by atoms with Gasteiger partial charge in [-0.05, 0) is 66.6 Å². The summed E-state index contributed by atoms with van der Waals surface area (Å²) in [4.78, 5) is 29.2. The minimum Gasteiger partial charge on any atom is -0.497 e. The lowest BCUT2D eigenvalue weighted by atomic mass is 9.80. The predicted octanol–water partition coefficient (Wildman–Crippen LogP) is 4.51. The molecule has 0 aliphatic carbocycles. The van der Waals surface area contributed by atoms with Crippen LogP contribution in [0.5, 0.6) is 5.75 Å². The fourth-order valence-electron chi connectivity index (χ4n) is 5.11. The number of fused-ring (bicyclic) bond motifs is 4. The molecule has 2 bridgehead atoms. The minimum absolute atomic E-state index is 0.0416. The Kier molecular flexibility index (Phi) is 5.55. The number of methoxy groups -OCH3 is 1. The Bertz CT molecular complexity index is 1200. The summed E-state index contributed by atoms with van der Waals surface area (Å²) in [5.74, 6) is 1.21. The van der Waals surface area contributed by atoms with E-state index >= 15 is 0 Å². The molecule has 1 saturated heterocycles. The second kappa shape index (κ2) is 8.51. The maximum absolute atomic E-state index is 13.2. The highest BCUT2D eigenvalue weighted by Crippen LogP contribution is 2.40. The first-order chi connectivity index (χ1) is 15.6. The lowest BCUT2D eigenvalue weighted by molar-refractivity contribution is 0.0595. The van der Waals surface area contributed by atoms with Gasteiger partial charge in [0.2, 0.25) is 0 Å². The molecule has 1 aromatic heterocycles. The van der Waals surface area contributed by atoms with Gasteiger partial charge in [0.15, 0.2) is 0 Å². The van der Waals surface area contributed by atoms with Gasteiger partial charge < -0.3 is 14.2 Å². The van der Waals surface area contributed by atoms with Crippen molar-refractivity contribution in [2.45, 2.75) is 23.8 Å². The van der Waals surface area contributed by atoms with Crippen LogP contribution in [0.1, 0.15) is 28.4 Å². The van der Waals surface area contributed by atoms with E-state index < -0.39 is 0 Å². The van der Waals surface area contributed by atoms with Crippen LogP contribution in [0.25, 0.3) is 11.1 Å². The van der Waals surface area contributed by atoms with Crippen LogP contribution in [0.3, 0.4) is 0 Å². The fourth-order valence-corrected chi connectivity index (χ4v) is 5.52. The van der Waals surface area contributed by atoms with Crippen molar-refractivity contribution >= 4 is 17.7 Å². The Morgan fingerprint density at radius 3 is 2.41 bits per heavy atom. The quantitative estimate of drug-likeness (QED) is 0.554. The van der Waals surface area contributed by atoms with Gasteiger partial charge in [0, 0.05) is 53.3 Å². The van der Waals surface area contributed by atoms with Crippen molar-refractivity contribution in [1.82, 2.24) is 9.47 Å². The summed E-state index contributed by atoms with van der Waals surface area (Å²) in [6.07, 6.45) is 3.07. The summed E-state index contributed by atoms with van der Waals surface area (Å²) in [7, 11) is 1.62. The van der Waals surface area contributed by atoms with Crippen molar-refractivity contribution in [1.29, 1.82) is 0 Å². The number of thioether (sulfide) groups is 1. The third kappa shape index (κ3) is 3.73. The smallest absolute Gasteiger partial charge is 0.253 e. The maximum atomic E-state index is 13.2. The van der Waals surface area contributed by atoms with E-state index in [0.29, 0.717) is 25.2 Å².